The van der Waals surface area contributed by atoms with Crippen LogP contribution in [0, 0.1) is 0 Å². The molecule has 66 valence electrons. The van der Waals surface area contributed by atoms with Gasteiger partial charge in [-0.1, -0.05) is 25.1 Å². The minimum atomic E-state index is -0.171. The molecule has 0 spiro atoms. The first-order chi connectivity index (χ1) is 5.83. The highest BCUT2D eigenvalue weighted by atomic mass is 32.2. The summed E-state index contributed by atoms with van der Waals surface area (Å²) in [4.78, 5) is 1.23. The molecule has 0 aromatic heterocycles. The highest BCUT2D eigenvalue weighted by Gasteiger charge is 2.00. The van der Waals surface area contributed by atoms with Crippen LogP contribution in [0.15, 0.2) is 35.2 Å². The third kappa shape index (κ3) is 3.28. The molecular formula is C10H14OS. The van der Waals surface area contributed by atoms with E-state index in [-0.39, 0.29) is 6.10 Å². The van der Waals surface area contributed by atoms with Crippen molar-refractivity contribution < 1.29 is 5.11 Å². The fourth-order valence-corrected chi connectivity index (χ4v) is 1.80. The Bertz CT molecular complexity index is 210. The predicted octanol–water partition coefficient (Wildman–Crippen LogP) is 2.55. The topological polar surface area (TPSA) is 20.2 Å². The van der Waals surface area contributed by atoms with Gasteiger partial charge in [-0.2, -0.15) is 0 Å². The molecule has 12 heavy (non-hydrogen) atoms. The van der Waals surface area contributed by atoms with Crippen molar-refractivity contribution in [3.05, 3.63) is 30.3 Å². The van der Waals surface area contributed by atoms with E-state index in [2.05, 4.69) is 12.1 Å². The lowest BCUT2D eigenvalue weighted by Crippen LogP contribution is -2.06. The quantitative estimate of drug-likeness (QED) is 0.722. The lowest BCUT2D eigenvalue weighted by molar-refractivity contribution is 0.195. The highest BCUT2D eigenvalue weighted by Crippen LogP contribution is 2.18. The van der Waals surface area contributed by atoms with E-state index >= 15 is 0 Å². The van der Waals surface area contributed by atoms with E-state index in [0.29, 0.717) is 0 Å². The Morgan fingerprint density at radius 3 is 2.58 bits per heavy atom. The van der Waals surface area contributed by atoms with Crippen LogP contribution >= 0.6 is 11.8 Å². The van der Waals surface area contributed by atoms with Gasteiger partial charge >= 0.3 is 0 Å². The molecule has 0 radical (unpaired) electrons. The highest BCUT2D eigenvalue weighted by molar-refractivity contribution is 7.99. The summed E-state index contributed by atoms with van der Waals surface area (Å²) in [5.74, 6) is 0.792. The molecular weight excluding hydrogens is 168 g/mol. The average Bonchev–Trinajstić information content (AvgIpc) is 2.16. The number of aliphatic hydroxyl groups excluding tert-OH is 1. The van der Waals surface area contributed by atoms with E-state index in [1.807, 2.05) is 25.1 Å². The van der Waals surface area contributed by atoms with Crippen molar-refractivity contribution in [1.29, 1.82) is 0 Å². The summed E-state index contributed by atoms with van der Waals surface area (Å²) < 4.78 is 0. The maximum atomic E-state index is 9.30. The Balaban J connectivity index is 2.33. The zero-order chi connectivity index (χ0) is 8.81. The summed E-state index contributed by atoms with van der Waals surface area (Å²) in [5.41, 5.74) is 0. The third-order valence-electron chi connectivity index (χ3n) is 1.66. The molecule has 0 bridgehead atoms. The van der Waals surface area contributed by atoms with E-state index in [9.17, 15) is 5.11 Å². The Kier molecular flexibility index (Phi) is 4.19. The van der Waals surface area contributed by atoms with Crippen molar-refractivity contribution in [2.75, 3.05) is 5.75 Å². The molecule has 0 aliphatic carbocycles. The van der Waals surface area contributed by atoms with E-state index < -0.39 is 0 Å². The van der Waals surface area contributed by atoms with Crippen LogP contribution in [0.25, 0.3) is 0 Å². The summed E-state index contributed by atoms with van der Waals surface area (Å²) in [6.45, 7) is 2.00. The smallest absolute Gasteiger partial charge is 0.0631 e. The summed E-state index contributed by atoms with van der Waals surface area (Å²) in [6.07, 6.45) is 0.662. The largest absolute Gasteiger partial charge is 0.392 e. The van der Waals surface area contributed by atoms with Crippen LogP contribution in [-0.4, -0.2) is 17.0 Å². The Morgan fingerprint density at radius 2 is 2.00 bits per heavy atom. The Hall–Kier alpha value is -0.470. The van der Waals surface area contributed by atoms with Gasteiger partial charge in [0.2, 0.25) is 0 Å². The van der Waals surface area contributed by atoms with Gasteiger partial charge in [0.15, 0.2) is 0 Å². The summed E-state index contributed by atoms with van der Waals surface area (Å²) in [5, 5.41) is 9.30. The van der Waals surface area contributed by atoms with Crippen molar-refractivity contribution in [1.82, 2.24) is 0 Å². The van der Waals surface area contributed by atoms with Crippen molar-refractivity contribution in [2.45, 2.75) is 24.3 Å². The molecule has 1 rings (SSSR count). The van der Waals surface area contributed by atoms with E-state index in [0.717, 1.165) is 12.2 Å². The zero-order valence-corrected chi connectivity index (χ0v) is 8.05. The van der Waals surface area contributed by atoms with Gasteiger partial charge in [-0.3, -0.25) is 0 Å². The minimum absolute atomic E-state index is 0.171. The van der Waals surface area contributed by atoms with Crippen LogP contribution in [0.2, 0.25) is 0 Å². The number of hydrogen-bond acceptors (Lipinski definition) is 2. The Morgan fingerprint density at radius 1 is 1.33 bits per heavy atom. The van der Waals surface area contributed by atoms with Crippen LogP contribution in [-0.2, 0) is 0 Å². The van der Waals surface area contributed by atoms with Gasteiger partial charge in [-0.05, 0) is 18.6 Å². The van der Waals surface area contributed by atoms with Gasteiger partial charge < -0.3 is 5.11 Å². The van der Waals surface area contributed by atoms with Gasteiger partial charge in [0.25, 0.3) is 0 Å². The molecule has 0 aliphatic rings. The van der Waals surface area contributed by atoms with Crippen molar-refractivity contribution >= 4 is 11.8 Å². The summed E-state index contributed by atoms with van der Waals surface area (Å²) in [7, 11) is 0. The van der Waals surface area contributed by atoms with E-state index in [1.54, 1.807) is 11.8 Å². The number of thioether (sulfide) groups is 1. The van der Waals surface area contributed by atoms with Crippen molar-refractivity contribution in [3.8, 4) is 0 Å². The van der Waals surface area contributed by atoms with Gasteiger partial charge in [-0.25, -0.2) is 0 Å². The maximum absolute atomic E-state index is 9.30. The second-order valence-electron chi connectivity index (χ2n) is 2.69. The third-order valence-corrected chi connectivity index (χ3v) is 2.81. The lowest BCUT2D eigenvalue weighted by Gasteiger charge is -2.06. The monoisotopic (exact) mass is 182 g/mol. The van der Waals surface area contributed by atoms with E-state index in [4.69, 9.17) is 0 Å². The summed E-state index contributed by atoms with van der Waals surface area (Å²) in [6, 6.07) is 10.2. The first-order valence-corrected chi connectivity index (χ1v) is 5.17. The predicted molar refractivity (Wildman–Crippen MR) is 53.5 cm³/mol. The first-order valence-electron chi connectivity index (χ1n) is 4.19. The second kappa shape index (κ2) is 5.22. The SMILES string of the molecule is CC[C@H](O)CSc1ccccc1. The van der Waals surface area contributed by atoms with Crippen LogP contribution in [0.4, 0.5) is 0 Å². The first kappa shape index (κ1) is 9.62. The molecule has 1 nitrogen and oxygen atoms in total. The van der Waals surface area contributed by atoms with Crippen LogP contribution in [0.1, 0.15) is 13.3 Å². The summed E-state index contributed by atoms with van der Waals surface area (Å²) >= 11 is 1.70. The van der Waals surface area contributed by atoms with Crippen molar-refractivity contribution in [2.24, 2.45) is 0 Å². The molecule has 1 aromatic rings. The number of rotatable bonds is 4. The fraction of sp³-hybridized carbons (Fsp3) is 0.400. The molecule has 0 heterocycles. The lowest BCUT2D eigenvalue weighted by atomic mass is 10.3. The molecule has 1 aromatic carbocycles. The molecule has 2 heteroatoms. The van der Waals surface area contributed by atoms with Gasteiger partial charge in [0.1, 0.15) is 0 Å². The molecule has 0 saturated carbocycles. The van der Waals surface area contributed by atoms with Crippen LogP contribution in [0.5, 0.6) is 0 Å². The zero-order valence-electron chi connectivity index (χ0n) is 7.23. The minimum Gasteiger partial charge on any atom is -0.392 e. The molecule has 0 saturated heterocycles. The normalized spacial score (nSPS) is 12.8. The molecule has 0 fully saturated rings. The number of benzene rings is 1. The van der Waals surface area contributed by atoms with Gasteiger partial charge in [-0.15, -0.1) is 11.8 Å². The molecule has 0 unspecified atom stereocenters. The standard InChI is InChI=1S/C10H14OS/c1-2-9(11)8-12-10-6-4-3-5-7-10/h3-7,9,11H,2,8H2,1H3/t9-/m0/s1. The van der Waals surface area contributed by atoms with Crippen LogP contribution < -0.4 is 0 Å². The number of hydrogen-bond donors (Lipinski definition) is 1. The Labute approximate surface area is 77.8 Å². The van der Waals surface area contributed by atoms with Gasteiger partial charge in [0, 0.05) is 10.6 Å². The maximum Gasteiger partial charge on any atom is 0.0631 e. The van der Waals surface area contributed by atoms with Gasteiger partial charge in [0.05, 0.1) is 6.10 Å². The van der Waals surface area contributed by atoms with Crippen molar-refractivity contribution in [3.63, 3.8) is 0 Å². The molecule has 1 atom stereocenters. The fourth-order valence-electron chi connectivity index (χ4n) is 0.827. The van der Waals surface area contributed by atoms with E-state index in [1.165, 1.54) is 4.90 Å². The molecule has 1 N–H and O–H groups in total. The van der Waals surface area contributed by atoms with Crippen LogP contribution in [0.3, 0.4) is 0 Å². The second-order valence-corrected chi connectivity index (χ2v) is 3.78. The molecule has 0 amide bonds. The number of aliphatic hydroxyl groups is 1. The average molecular weight is 182 g/mol. The molecule has 0 aliphatic heterocycles.